The summed E-state index contributed by atoms with van der Waals surface area (Å²) in [4.78, 5) is 24.1. The molecule has 0 aliphatic heterocycles. The van der Waals surface area contributed by atoms with Gasteiger partial charge in [0.05, 0.1) is 16.5 Å². The molecule has 2 aromatic rings. The molecule has 0 aromatic heterocycles. The molecular weight excluding hydrogens is 401 g/mol. The molecular formula is C19H18FN3O5S. The topological polar surface area (TPSA) is 125 Å². The van der Waals surface area contributed by atoms with Gasteiger partial charge in [0.15, 0.2) is 6.10 Å². The van der Waals surface area contributed by atoms with Gasteiger partial charge in [0.25, 0.3) is 5.91 Å². The van der Waals surface area contributed by atoms with Gasteiger partial charge in [-0.05, 0) is 62.4 Å². The monoisotopic (exact) mass is 419 g/mol. The van der Waals surface area contributed by atoms with Crippen molar-refractivity contribution in [3.8, 4) is 6.07 Å². The van der Waals surface area contributed by atoms with Crippen LogP contribution in [0.15, 0.2) is 53.4 Å². The van der Waals surface area contributed by atoms with Crippen LogP contribution in [0.1, 0.15) is 19.4 Å². The minimum Gasteiger partial charge on any atom is -0.451 e. The first-order valence-corrected chi connectivity index (χ1v) is 9.90. The number of halogens is 1. The maximum absolute atomic E-state index is 12.9. The Morgan fingerprint density at radius 3 is 2.21 bits per heavy atom. The molecule has 0 bridgehead atoms. The van der Waals surface area contributed by atoms with Crippen LogP contribution >= 0.6 is 0 Å². The molecule has 29 heavy (non-hydrogen) atoms. The van der Waals surface area contributed by atoms with Gasteiger partial charge in [0, 0.05) is 5.69 Å². The lowest BCUT2D eigenvalue weighted by molar-refractivity contribution is -0.154. The Balaban J connectivity index is 1.94. The number of ether oxygens (including phenoxy) is 1. The molecule has 0 radical (unpaired) electrons. The van der Waals surface area contributed by atoms with Gasteiger partial charge in [0.1, 0.15) is 11.9 Å². The van der Waals surface area contributed by atoms with E-state index in [1.54, 1.807) is 0 Å². The first-order chi connectivity index (χ1) is 13.6. The quantitative estimate of drug-likeness (QED) is 0.661. The number of hydrogen-bond donors (Lipinski definition) is 2. The van der Waals surface area contributed by atoms with Crippen LogP contribution in [0, 0.1) is 17.1 Å². The van der Waals surface area contributed by atoms with Gasteiger partial charge in [0.2, 0.25) is 10.0 Å². The molecule has 8 nitrogen and oxygen atoms in total. The van der Waals surface area contributed by atoms with Crippen LogP contribution in [0.2, 0.25) is 0 Å². The average Bonchev–Trinajstić information content (AvgIpc) is 2.68. The van der Waals surface area contributed by atoms with Gasteiger partial charge in [-0.3, -0.25) is 9.59 Å². The van der Waals surface area contributed by atoms with Crippen molar-refractivity contribution < 1.29 is 27.1 Å². The Hall–Kier alpha value is -3.29. The second kappa shape index (κ2) is 9.27. The number of nitrogens with one attached hydrogen (secondary N) is 2. The Morgan fingerprint density at radius 1 is 1.07 bits per heavy atom. The predicted molar refractivity (Wildman–Crippen MR) is 102 cm³/mol. The normalized spacial score (nSPS) is 13.0. The predicted octanol–water partition coefficient (Wildman–Crippen LogP) is 1.93. The van der Waals surface area contributed by atoms with Crippen molar-refractivity contribution in [3.05, 3.63) is 59.9 Å². The third-order valence-corrected chi connectivity index (χ3v) is 5.31. The molecule has 0 aliphatic carbocycles. The molecule has 0 saturated carbocycles. The lowest BCUT2D eigenvalue weighted by atomic mass is 10.2. The first kappa shape index (κ1) is 22.0. The van der Waals surface area contributed by atoms with E-state index in [0.29, 0.717) is 11.3 Å². The van der Waals surface area contributed by atoms with Crippen molar-refractivity contribution in [1.82, 2.24) is 4.72 Å². The fraction of sp³-hybridized carbons (Fsp3) is 0.211. The van der Waals surface area contributed by atoms with E-state index < -0.39 is 39.9 Å². The number of rotatable bonds is 7. The lowest BCUT2D eigenvalue weighted by Crippen LogP contribution is -2.42. The van der Waals surface area contributed by atoms with Crippen LogP contribution < -0.4 is 10.0 Å². The lowest BCUT2D eigenvalue weighted by Gasteiger charge is -2.17. The largest absolute Gasteiger partial charge is 0.451 e. The number of carbonyl (C=O) groups excluding carboxylic acids is 2. The average molecular weight is 419 g/mol. The Kier molecular flexibility index (Phi) is 7.03. The molecule has 152 valence electrons. The number of carbonyl (C=O) groups is 2. The van der Waals surface area contributed by atoms with Gasteiger partial charge < -0.3 is 10.1 Å². The second-order valence-electron chi connectivity index (χ2n) is 6.05. The zero-order chi connectivity index (χ0) is 21.6. The number of sulfonamides is 1. The van der Waals surface area contributed by atoms with Crippen LogP contribution in [0.3, 0.4) is 0 Å². The van der Waals surface area contributed by atoms with E-state index in [4.69, 9.17) is 10.00 Å². The van der Waals surface area contributed by atoms with E-state index in [9.17, 15) is 22.4 Å². The van der Waals surface area contributed by atoms with E-state index in [1.807, 2.05) is 6.07 Å². The smallest absolute Gasteiger partial charge is 0.324 e. The van der Waals surface area contributed by atoms with Gasteiger partial charge in [-0.25, -0.2) is 12.8 Å². The standard InChI is InChI=1S/C19H18FN3O5S/c1-12(23-29(26,27)17-9-5-15(20)6-10-17)19(25)28-13(2)18(24)22-16-7-3-14(11-21)4-8-16/h3-10,12-13,23H,1-2H3,(H,22,24)/t12-,13+/m1/s1. The third kappa shape index (κ3) is 6.10. The highest BCUT2D eigenvalue weighted by atomic mass is 32.2. The molecule has 10 heteroatoms. The molecule has 0 saturated heterocycles. The summed E-state index contributed by atoms with van der Waals surface area (Å²) in [6.45, 7) is 2.59. The van der Waals surface area contributed by atoms with E-state index in [2.05, 4.69) is 10.0 Å². The number of benzene rings is 2. The number of anilines is 1. The minimum atomic E-state index is -4.08. The van der Waals surface area contributed by atoms with Gasteiger partial charge >= 0.3 is 5.97 Å². The summed E-state index contributed by atoms with van der Waals surface area (Å²) in [6, 6.07) is 10.8. The number of esters is 1. The Labute approximate surface area is 167 Å². The van der Waals surface area contributed by atoms with Gasteiger partial charge in [-0.2, -0.15) is 9.98 Å². The number of nitriles is 1. The summed E-state index contributed by atoms with van der Waals surface area (Å²) in [7, 11) is -4.08. The zero-order valence-electron chi connectivity index (χ0n) is 15.5. The van der Waals surface area contributed by atoms with Crippen molar-refractivity contribution >= 4 is 27.6 Å². The Bertz CT molecular complexity index is 1030. The fourth-order valence-electron chi connectivity index (χ4n) is 2.16. The maximum Gasteiger partial charge on any atom is 0.324 e. The second-order valence-corrected chi connectivity index (χ2v) is 7.77. The maximum atomic E-state index is 12.9. The van der Waals surface area contributed by atoms with Crippen molar-refractivity contribution in [2.45, 2.75) is 30.9 Å². The third-order valence-electron chi connectivity index (χ3n) is 3.75. The van der Waals surface area contributed by atoms with Crippen molar-refractivity contribution in [2.24, 2.45) is 0 Å². The molecule has 2 rings (SSSR count). The van der Waals surface area contributed by atoms with Crippen LogP contribution in [0.4, 0.5) is 10.1 Å². The molecule has 0 heterocycles. The molecule has 0 aliphatic rings. The summed E-state index contributed by atoms with van der Waals surface area (Å²) in [5, 5.41) is 11.3. The number of hydrogen-bond acceptors (Lipinski definition) is 6. The van der Waals surface area contributed by atoms with E-state index >= 15 is 0 Å². The molecule has 2 N–H and O–H groups in total. The SMILES string of the molecule is C[C@H](OC(=O)[C@@H](C)NS(=O)(=O)c1ccc(F)cc1)C(=O)Nc1ccc(C#N)cc1. The Morgan fingerprint density at radius 2 is 1.66 bits per heavy atom. The van der Waals surface area contributed by atoms with Gasteiger partial charge in [-0.1, -0.05) is 0 Å². The fourth-order valence-corrected chi connectivity index (χ4v) is 3.36. The summed E-state index contributed by atoms with van der Waals surface area (Å²) in [6.07, 6.45) is -1.20. The number of nitrogens with zero attached hydrogens (tertiary/aromatic N) is 1. The summed E-state index contributed by atoms with van der Waals surface area (Å²) in [5.74, 6) is -2.19. The highest BCUT2D eigenvalue weighted by Gasteiger charge is 2.26. The zero-order valence-corrected chi connectivity index (χ0v) is 16.4. The van der Waals surface area contributed by atoms with Crippen LogP contribution in [0.5, 0.6) is 0 Å². The molecule has 0 spiro atoms. The highest BCUT2D eigenvalue weighted by Crippen LogP contribution is 2.12. The molecule has 1 amide bonds. The summed E-state index contributed by atoms with van der Waals surface area (Å²) < 4.78 is 44.5. The summed E-state index contributed by atoms with van der Waals surface area (Å²) >= 11 is 0. The highest BCUT2D eigenvalue weighted by molar-refractivity contribution is 7.89. The minimum absolute atomic E-state index is 0.217. The van der Waals surface area contributed by atoms with Crippen LogP contribution in [0.25, 0.3) is 0 Å². The molecule has 2 atom stereocenters. The summed E-state index contributed by atoms with van der Waals surface area (Å²) in [5.41, 5.74) is 0.826. The number of amides is 1. The first-order valence-electron chi connectivity index (χ1n) is 8.42. The van der Waals surface area contributed by atoms with E-state index in [1.165, 1.54) is 38.1 Å². The molecule has 2 aromatic carbocycles. The van der Waals surface area contributed by atoms with Gasteiger partial charge in [-0.15, -0.1) is 0 Å². The van der Waals surface area contributed by atoms with Crippen LogP contribution in [-0.4, -0.2) is 32.4 Å². The van der Waals surface area contributed by atoms with E-state index in [-0.39, 0.29) is 4.90 Å². The van der Waals surface area contributed by atoms with Crippen molar-refractivity contribution in [1.29, 1.82) is 5.26 Å². The molecule has 0 unspecified atom stereocenters. The van der Waals surface area contributed by atoms with Crippen LogP contribution in [-0.2, 0) is 24.3 Å². The molecule has 0 fully saturated rings. The van der Waals surface area contributed by atoms with Crippen molar-refractivity contribution in [2.75, 3.05) is 5.32 Å². The van der Waals surface area contributed by atoms with E-state index in [0.717, 1.165) is 24.3 Å². The van der Waals surface area contributed by atoms with Crippen molar-refractivity contribution in [3.63, 3.8) is 0 Å².